The zero-order chi connectivity index (χ0) is 15.9. The van der Waals surface area contributed by atoms with Crippen molar-refractivity contribution in [3.05, 3.63) is 36.0 Å². The fourth-order valence-electron chi connectivity index (χ4n) is 1.66. The summed E-state index contributed by atoms with van der Waals surface area (Å²) in [5, 5.41) is 0. The van der Waals surface area contributed by atoms with E-state index in [1.54, 1.807) is 12.1 Å². The number of carbonyl (C=O) groups excluding carboxylic acids is 2. The molecule has 0 atom stereocenters. The average Bonchev–Trinajstić information content (AvgIpc) is 2.97. The number of nitrogens with zero attached hydrogens (tertiary/aromatic N) is 1. The molecule has 0 aliphatic heterocycles. The number of hydrazine groups is 1. The summed E-state index contributed by atoms with van der Waals surface area (Å²) in [6, 6.07) is 9.04. The highest BCUT2D eigenvalue weighted by atomic mass is 16.5. The molecule has 1 amide bonds. The lowest BCUT2D eigenvalue weighted by atomic mass is 10.2. The SMILES string of the molecule is COC(=O)c1nc(-c2ccccc2)oc1NNC(=O)CCN. The van der Waals surface area contributed by atoms with Gasteiger partial charge in [-0.05, 0) is 12.1 Å². The summed E-state index contributed by atoms with van der Waals surface area (Å²) in [7, 11) is 1.23. The molecule has 8 nitrogen and oxygen atoms in total. The third-order valence-corrected chi connectivity index (χ3v) is 2.71. The Morgan fingerprint density at radius 3 is 2.68 bits per heavy atom. The van der Waals surface area contributed by atoms with Gasteiger partial charge in [-0.15, -0.1) is 0 Å². The van der Waals surface area contributed by atoms with Gasteiger partial charge in [0.15, 0.2) is 0 Å². The summed E-state index contributed by atoms with van der Waals surface area (Å²) in [6.45, 7) is 0.211. The first-order valence-corrected chi connectivity index (χ1v) is 6.55. The van der Waals surface area contributed by atoms with Gasteiger partial charge in [0.1, 0.15) is 0 Å². The molecule has 4 N–H and O–H groups in total. The monoisotopic (exact) mass is 304 g/mol. The predicted molar refractivity (Wildman–Crippen MR) is 78.7 cm³/mol. The number of esters is 1. The minimum atomic E-state index is -0.679. The fraction of sp³-hybridized carbons (Fsp3) is 0.214. The van der Waals surface area contributed by atoms with Gasteiger partial charge in [-0.2, -0.15) is 4.98 Å². The maximum Gasteiger partial charge on any atom is 0.362 e. The van der Waals surface area contributed by atoms with E-state index < -0.39 is 5.97 Å². The number of methoxy groups -OCH3 is 1. The minimum absolute atomic E-state index is 0.00363. The Bertz CT molecular complexity index is 654. The predicted octanol–water partition coefficient (Wildman–Crippen LogP) is 0.920. The first-order valence-electron chi connectivity index (χ1n) is 6.55. The Morgan fingerprint density at radius 2 is 2.05 bits per heavy atom. The largest absolute Gasteiger partial charge is 0.464 e. The second kappa shape index (κ2) is 7.23. The van der Waals surface area contributed by atoms with Crippen molar-refractivity contribution in [3.8, 4) is 11.5 Å². The van der Waals surface area contributed by atoms with Crippen molar-refractivity contribution in [2.24, 2.45) is 5.73 Å². The van der Waals surface area contributed by atoms with E-state index in [0.29, 0.717) is 5.56 Å². The summed E-state index contributed by atoms with van der Waals surface area (Å²) in [5.74, 6) is -0.787. The zero-order valence-electron chi connectivity index (χ0n) is 12.0. The number of nitrogens with two attached hydrogens (primary N) is 1. The van der Waals surface area contributed by atoms with Crippen molar-refractivity contribution in [3.63, 3.8) is 0 Å². The topological polar surface area (TPSA) is 119 Å². The van der Waals surface area contributed by atoms with Crippen LogP contribution in [0.2, 0.25) is 0 Å². The normalized spacial score (nSPS) is 10.1. The van der Waals surface area contributed by atoms with E-state index >= 15 is 0 Å². The Kier molecular flexibility index (Phi) is 5.10. The van der Waals surface area contributed by atoms with Crippen molar-refractivity contribution in [2.45, 2.75) is 6.42 Å². The van der Waals surface area contributed by atoms with Crippen LogP contribution in [0.15, 0.2) is 34.7 Å². The molecule has 0 fully saturated rings. The van der Waals surface area contributed by atoms with Gasteiger partial charge < -0.3 is 14.9 Å². The number of anilines is 1. The molecule has 0 radical (unpaired) electrons. The molecule has 8 heteroatoms. The molecular weight excluding hydrogens is 288 g/mol. The molecule has 0 spiro atoms. The number of nitrogens with one attached hydrogen (secondary N) is 2. The van der Waals surface area contributed by atoms with E-state index in [1.807, 2.05) is 18.2 Å². The second-order valence-electron chi connectivity index (χ2n) is 4.27. The van der Waals surface area contributed by atoms with Gasteiger partial charge in [-0.3, -0.25) is 15.6 Å². The van der Waals surface area contributed by atoms with Gasteiger partial charge >= 0.3 is 5.97 Å². The molecule has 116 valence electrons. The summed E-state index contributed by atoms with van der Waals surface area (Å²) in [6.07, 6.45) is 0.139. The molecule has 0 aliphatic rings. The van der Waals surface area contributed by atoms with Crippen LogP contribution >= 0.6 is 0 Å². The molecule has 1 aromatic carbocycles. The molecule has 0 unspecified atom stereocenters. The highest BCUT2D eigenvalue weighted by molar-refractivity contribution is 5.93. The van der Waals surface area contributed by atoms with Crippen LogP contribution in [0.5, 0.6) is 0 Å². The van der Waals surface area contributed by atoms with Crippen LogP contribution in [0, 0.1) is 0 Å². The van der Waals surface area contributed by atoms with Gasteiger partial charge in [-0.25, -0.2) is 4.79 Å². The average molecular weight is 304 g/mol. The van der Waals surface area contributed by atoms with E-state index in [1.165, 1.54) is 7.11 Å². The van der Waals surface area contributed by atoms with Crippen molar-refractivity contribution >= 4 is 17.8 Å². The quantitative estimate of drug-likeness (QED) is 0.536. The Morgan fingerprint density at radius 1 is 1.32 bits per heavy atom. The molecule has 0 saturated heterocycles. The van der Waals surface area contributed by atoms with Crippen LogP contribution in [0.3, 0.4) is 0 Å². The van der Waals surface area contributed by atoms with Crippen LogP contribution in [-0.4, -0.2) is 30.5 Å². The number of amides is 1. The molecular formula is C14H16N4O4. The van der Waals surface area contributed by atoms with Gasteiger partial charge in [0, 0.05) is 18.5 Å². The number of rotatable bonds is 6. The lowest BCUT2D eigenvalue weighted by Gasteiger charge is -2.05. The van der Waals surface area contributed by atoms with E-state index in [4.69, 9.17) is 10.2 Å². The third-order valence-electron chi connectivity index (χ3n) is 2.71. The molecule has 1 heterocycles. The maximum atomic E-state index is 11.7. The summed E-state index contributed by atoms with van der Waals surface area (Å²) in [5.41, 5.74) is 10.8. The Balaban J connectivity index is 2.25. The summed E-state index contributed by atoms with van der Waals surface area (Å²) < 4.78 is 10.1. The van der Waals surface area contributed by atoms with Gasteiger partial charge in [0.05, 0.1) is 7.11 Å². The first kappa shape index (κ1) is 15.5. The van der Waals surface area contributed by atoms with Gasteiger partial charge in [0.2, 0.25) is 23.4 Å². The maximum absolute atomic E-state index is 11.7. The van der Waals surface area contributed by atoms with Crippen LogP contribution < -0.4 is 16.6 Å². The lowest BCUT2D eigenvalue weighted by Crippen LogP contribution is -2.31. The minimum Gasteiger partial charge on any atom is -0.464 e. The fourth-order valence-corrected chi connectivity index (χ4v) is 1.66. The molecule has 2 rings (SSSR count). The second-order valence-corrected chi connectivity index (χ2v) is 4.27. The molecule has 2 aromatic rings. The van der Waals surface area contributed by atoms with Crippen LogP contribution in [0.4, 0.5) is 5.88 Å². The number of oxazole rings is 1. The third kappa shape index (κ3) is 3.61. The van der Waals surface area contributed by atoms with E-state index in [0.717, 1.165) is 0 Å². The van der Waals surface area contributed by atoms with Gasteiger partial charge in [-0.1, -0.05) is 18.2 Å². The van der Waals surface area contributed by atoms with Crippen LogP contribution in [0.25, 0.3) is 11.5 Å². The number of carbonyl (C=O) groups is 2. The molecule has 1 aromatic heterocycles. The Hall–Kier alpha value is -2.87. The van der Waals surface area contributed by atoms with Crippen molar-refractivity contribution in [1.82, 2.24) is 10.4 Å². The van der Waals surface area contributed by atoms with Gasteiger partial charge in [0.25, 0.3) is 0 Å². The smallest absolute Gasteiger partial charge is 0.362 e. The number of hydrogen-bond acceptors (Lipinski definition) is 7. The highest BCUT2D eigenvalue weighted by Gasteiger charge is 2.22. The standard InChI is InChI=1S/C14H16N4O4/c1-21-14(20)11-13(18-17-10(19)7-8-15)22-12(16-11)9-5-3-2-4-6-9/h2-6,18H,7-8,15H2,1H3,(H,17,19). The number of aromatic nitrogens is 1. The number of benzene rings is 1. The van der Waals surface area contributed by atoms with Crippen molar-refractivity contribution in [1.29, 1.82) is 0 Å². The summed E-state index contributed by atoms with van der Waals surface area (Å²) in [4.78, 5) is 27.2. The first-order chi connectivity index (χ1) is 10.7. The van der Waals surface area contributed by atoms with E-state index in [-0.39, 0.29) is 36.3 Å². The molecule has 0 saturated carbocycles. The van der Waals surface area contributed by atoms with Crippen molar-refractivity contribution in [2.75, 3.05) is 19.1 Å². The molecule has 22 heavy (non-hydrogen) atoms. The molecule has 0 bridgehead atoms. The van der Waals surface area contributed by atoms with E-state index in [2.05, 4.69) is 20.6 Å². The zero-order valence-corrected chi connectivity index (χ0v) is 12.0. The van der Waals surface area contributed by atoms with E-state index in [9.17, 15) is 9.59 Å². The number of ether oxygens (including phenoxy) is 1. The van der Waals surface area contributed by atoms with Crippen LogP contribution in [-0.2, 0) is 9.53 Å². The summed E-state index contributed by atoms with van der Waals surface area (Å²) >= 11 is 0. The molecule has 0 aliphatic carbocycles. The highest BCUT2D eigenvalue weighted by Crippen LogP contribution is 2.25. The Labute approximate surface area is 126 Å². The lowest BCUT2D eigenvalue weighted by molar-refractivity contribution is -0.120. The number of hydrogen-bond donors (Lipinski definition) is 3. The van der Waals surface area contributed by atoms with Crippen LogP contribution in [0.1, 0.15) is 16.9 Å². The van der Waals surface area contributed by atoms with Crippen molar-refractivity contribution < 1.29 is 18.7 Å².